The number of para-hydroxylation sites is 1. The quantitative estimate of drug-likeness (QED) is 0.702. The second-order valence-electron chi connectivity index (χ2n) is 6.79. The molecule has 9 heteroatoms. The van der Waals surface area contributed by atoms with E-state index in [0.29, 0.717) is 40.5 Å². The molecule has 1 saturated heterocycles. The van der Waals surface area contributed by atoms with Crippen molar-refractivity contribution in [3.63, 3.8) is 0 Å². The smallest absolute Gasteiger partial charge is 0.231 e. The number of nitrogens with zero attached hydrogens (tertiary/aromatic N) is 2. The van der Waals surface area contributed by atoms with Gasteiger partial charge in [-0.3, -0.25) is 4.79 Å². The Bertz CT molecular complexity index is 1160. The molecule has 28 heavy (non-hydrogen) atoms. The molecule has 1 fully saturated rings. The molecular weight excluding hydrogens is 401 g/mol. The van der Waals surface area contributed by atoms with Gasteiger partial charge < -0.3 is 10.2 Å². The molecule has 1 aliphatic rings. The minimum atomic E-state index is -3.30. The third kappa shape index (κ3) is 3.72. The van der Waals surface area contributed by atoms with Gasteiger partial charge in [0.1, 0.15) is 5.82 Å². The van der Waals surface area contributed by atoms with Crippen LogP contribution >= 0.6 is 11.3 Å². The summed E-state index contributed by atoms with van der Waals surface area (Å²) in [7, 11) is -3.30. The maximum absolute atomic E-state index is 14.0. The first-order chi connectivity index (χ1) is 13.3. The van der Waals surface area contributed by atoms with Gasteiger partial charge in [0, 0.05) is 19.3 Å². The number of amides is 1. The Hall–Kier alpha value is -2.52. The molecule has 1 unspecified atom stereocenters. The number of anilines is 2. The predicted molar refractivity (Wildman–Crippen MR) is 108 cm³/mol. The van der Waals surface area contributed by atoms with Crippen LogP contribution in [-0.2, 0) is 14.6 Å². The summed E-state index contributed by atoms with van der Waals surface area (Å²) in [4.78, 5) is 19.1. The molecule has 2 aromatic carbocycles. The van der Waals surface area contributed by atoms with E-state index in [9.17, 15) is 17.6 Å². The first-order valence-electron chi connectivity index (χ1n) is 8.72. The maximum atomic E-state index is 14.0. The lowest BCUT2D eigenvalue weighted by atomic mass is 10.1. The highest BCUT2D eigenvalue weighted by Crippen LogP contribution is 2.30. The monoisotopic (exact) mass is 419 g/mol. The van der Waals surface area contributed by atoms with Gasteiger partial charge in [0.05, 0.1) is 26.7 Å². The zero-order chi connectivity index (χ0) is 19.9. The predicted octanol–water partition coefficient (Wildman–Crippen LogP) is 3.30. The van der Waals surface area contributed by atoms with Gasteiger partial charge in [0.2, 0.25) is 5.91 Å². The van der Waals surface area contributed by atoms with Crippen molar-refractivity contribution in [3.05, 3.63) is 48.3 Å². The average Bonchev–Trinajstić information content (AvgIpc) is 3.27. The Kier molecular flexibility index (Phi) is 4.80. The van der Waals surface area contributed by atoms with Crippen molar-refractivity contribution in [3.8, 4) is 0 Å². The summed E-state index contributed by atoms with van der Waals surface area (Å²) in [5, 5.41) is 3.24. The number of halogens is 1. The summed E-state index contributed by atoms with van der Waals surface area (Å²) >= 11 is 1.23. The second kappa shape index (κ2) is 7.14. The summed E-state index contributed by atoms with van der Waals surface area (Å²) in [5.41, 5.74) is 1.14. The molecule has 2 heterocycles. The fraction of sp³-hybridized carbons (Fsp3) is 0.263. The van der Waals surface area contributed by atoms with Crippen LogP contribution in [0.5, 0.6) is 0 Å². The molecule has 0 bridgehead atoms. The highest BCUT2D eigenvalue weighted by molar-refractivity contribution is 7.90. The lowest BCUT2D eigenvalue weighted by Crippen LogP contribution is -2.27. The number of sulfone groups is 1. The van der Waals surface area contributed by atoms with E-state index in [1.165, 1.54) is 23.5 Å². The topological polar surface area (TPSA) is 79.4 Å². The number of rotatable bonds is 4. The summed E-state index contributed by atoms with van der Waals surface area (Å²) in [5.74, 6) is -0.726. The first kappa shape index (κ1) is 18.8. The third-order valence-electron chi connectivity index (χ3n) is 4.77. The second-order valence-corrected chi connectivity index (χ2v) is 9.84. The van der Waals surface area contributed by atoms with Crippen molar-refractivity contribution < 1.29 is 17.6 Å². The zero-order valence-electron chi connectivity index (χ0n) is 15.1. The van der Waals surface area contributed by atoms with Gasteiger partial charge >= 0.3 is 0 Å². The Labute approximate surface area is 165 Å². The standard InChI is InChI=1S/C19H18FN3O3S2/c1-28(25,26)13-6-7-15-17(10-13)27-19(21-15)22-18(24)12-8-9-23(11-12)16-5-3-2-4-14(16)20/h2-7,10,12H,8-9,11H2,1H3,(H,21,22,24). The van der Waals surface area contributed by atoms with Crippen molar-refractivity contribution in [1.29, 1.82) is 0 Å². The molecule has 3 aromatic rings. The van der Waals surface area contributed by atoms with Gasteiger partial charge in [-0.1, -0.05) is 23.5 Å². The normalized spacial score (nSPS) is 17.2. The van der Waals surface area contributed by atoms with E-state index in [0.717, 1.165) is 6.26 Å². The third-order valence-corrected chi connectivity index (χ3v) is 6.81. The molecule has 0 aliphatic carbocycles. The summed E-state index contributed by atoms with van der Waals surface area (Å²) in [6.07, 6.45) is 1.78. The van der Waals surface area contributed by atoms with Crippen LogP contribution in [0.4, 0.5) is 15.2 Å². The van der Waals surface area contributed by atoms with Crippen LogP contribution in [0.2, 0.25) is 0 Å². The Morgan fingerprint density at radius 2 is 2.07 bits per heavy atom. The lowest BCUT2D eigenvalue weighted by molar-refractivity contribution is -0.119. The highest BCUT2D eigenvalue weighted by atomic mass is 32.2. The zero-order valence-corrected chi connectivity index (χ0v) is 16.7. The Morgan fingerprint density at radius 3 is 2.82 bits per heavy atom. The van der Waals surface area contributed by atoms with Crippen molar-refractivity contribution in [2.24, 2.45) is 5.92 Å². The molecule has 1 aromatic heterocycles. The van der Waals surface area contributed by atoms with E-state index in [1.807, 2.05) is 4.90 Å². The van der Waals surface area contributed by atoms with Gasteiger partial charge in [-0.05, 0) is 36.8 Å². The summed E-state index contributed by atoms with van der Waals surface area (Å²) in [6.45, 7) is 1.05. The molecular formula is C19H18FN3O3S2. The van der Waals surface area contributed by atoms with E-state index in [4.69, 9.17) is 0 Å². The van der Waals surface area contributed by atoms with Gasteiger partial charge in [0.25, 0.3) is 0 Å². The lowest BCUT2D eigenvalue weighted by Gasteiger charge is -2.18. The molecule has 6 nitrogen and oxygen atoms in total. The number of hydrogen-bond donors (Lipinski definition) is 1. The van der Waals surface area contributed by atoms with Gasteiger partial charge in [-0.2, -0.15) is 0 Å². The van der Waals surface area contributed by atoms with Crippen molar-refractivity contribution in [2.75, 3.05) is 29.6 Å². The van der Waals surface area contributed by atoms with E-state index in [-0.39, 0.29) is 22.5 Å². The van der Waals surface area contributed by atoms with Gasteiger partial charge in [0.15, 0.2) is 15.0 Å². The molecule has 0 spiro atoms. The number of thiazole rings is 1. The molecule has 1 aliphatic heterocycles. The number of carbonyl (C=O) groups is 1. The van der Waals surface area contributed by atoms with Crippen LogP contribution in [0.3, 0.4) is 0 Å². The number of nitrogens with one attached hydrogen (secondary N) is 1. The Morgan fingerprint density at radius 1 is 1.29 bits per heavy atom. The number of benzene rings is 2. The van der Waals surface area contributed by atoms with Gasteiger partial charge in [-0.25, -0.2) is 17.8 Å². The SMILES string of the molecule is CS(=O)(=O)c1ccc2nc(NC(=O)C3CCN(c4ccccc4F)C3)sc2c1. The van der Waals surface area contributed by atoms with E-state index in [2.05, 4.69) is 10.3 Å². The van der Waals surface area contributed by atoms with Crippen LogP contribution in [0, 0.1) is 11.7 Å². The van der Waals surface area contributed by atoms with Crippen LogP contribution in [0.15, 0.2) is 47.4 Å². The van der Waals surface area contributed by atoms with Crippen molar-refractivity contribution >= 4 is 48.1 Å². The number of fused-ring (bicyclic) bond motifs is 1. The van der Waals surface area contributed by atoms with E-state index >= 15 is 0 Å². The van der Waals surface area contributed by atoms with Crippen LogP contribution < -0.4 is 10.2 Å². The first-order valence-corrected chi connectivity index (χ1v) is 11.4. The van der Waals surface area contributed by atoms with E-state index in [1.54, 1.807) is 30.3 Å². The highest BCUT2D eigenvalue weighted by Gasteiger charge is 2.30. The number of aromatic nitrogens is 1. The van der Waals surface area contributed by atoms with Crippen molar-refractivity contribution in [1.82, 2.24) is 4.98 Å². The maximum Gasteiger partial charge on any atom is 0.231 e. The molecule has 1 atom stereocenters. The number of hydrogen-bond acceptors (Lipinski definition) is 6. The summed E-state index contributed by atoms with van der Waals surface area (Å²) in [6, 6.07) is 11.2. The fourth-order valence-electron chi connectivity index (χ4n) is 3.30. The summed E-state index contributed by atoms with van der Waals surface area (Å²) < 4.78 is 38.0. The van der Waals surface area contributed by atoms with Crippen LogP contribution in [-0.4, -0.2) is 38.7 Å². The molecule has 0 saturated carbocycles. The minimum Gasteiger partial charge on any atom is -0.368 e. The number of carbonyl (C=O) groups excluding carboxylic acids is 1. The van der Waals surface area contributed by atoms with Crippen LogP contribution in [0.1, 0.15) is 6.42 Å². The Balaban J connectivity index is 1.47. The molecule has 4 rings (SSSR count). The average molecular weight is 420 g/mol. The fourth-order valence-corrected chi connectivity index (χ4v) is 4.93. The van der Waals surface area contributed by atoms with Crippen LogP contribution in [0.25, 0.3) is 10.2 Å². The molecule has 1 amide bonds. The largest absolute Gasteiger partial charge is 0.368 e. The van der Waals surface area contributed by atoms with Crippen molar-refractivity contribution in [2.45, 2.75) is 11.3 Å². The minimum absolute atomic E-state index is 0.166. The van der Waals surface area contributed by atoms with E-state index < -0.39 is 9.84 Å². The molecule has 146 valence electrons. The van der Waals surface area contributed by atoms with Gasteiger partial charge in [-0.15, -0.1) is 0 Å². The molecule has 0 radical (unpaired) electrons. The molecule has 1 N–H and O–H groups in total.